The van der Waals surface area contributed by atoms with Crippen LogP contribution in [-0.4, -0.2) is 4.98 Å². The van der Waals surface area contributed by atoms with Crippen LogP contribution in [0.4, 0.5) is 11.5 Å². The third-order valence-electron chi connectivity index (χ3n) is 1.80. The molecule has 1 heterocycles. The molecule has 0 saturated heterocycles. The summed E-state index contributed by atoms with van der Waals surface area (Å²) >= 11 is 3.46. The molecule has 2 nitrogen and oxygen atoms in total. The molecule has 70 valence electrons. The van der Waals surface area contributed by atoms with Crippen LogP contribution in [0.3, 0.4) is 0 Å². The van der Waals surface area contributed by atoms with Crippen LogP contribution in [0.15, 0.2) is 53.1 Å². The van der Waals surface area contributed by atoms with Crippen molar-refractivity contribution in [3.05, 3.63) is 53.1 Å². The molecule has 0 aliphatic heterocycles. The number of anilines is 2. The molecule has 0 aliphatic carbocycles. The maximum atomic E-state index is 4.18. The summed E-state index contributed by atoms with van der Waals surface area (Å²) in [7, 11) is 0. The fraction of sp³-hybridized carbons (Fsp3) is 0. The van der Waals surface area contributed by atoms with Gasteiger partial charge in [-0.2, -0.15) is 0 Å². The molecule has 1 N–H and O–H groups in total. The number of nitrogens with zero attached hydrogens (tertiary/aromatic N) is 1. The summed E-state index contributed by atoms with van der Waals surface area (Å²) in [5.41, 5.74) is 1.02. The highest BCUT2D eigenvalue weighted by Crippen LogP contribution is 2.23. The van der Waals surface area contributed by atoms with Crippen molar-refractivity contribution in [1.29, 1.82) is 0 Å². The molecule has 1 aromatic heterocycles. The smallest absolute Gasteiger partial charge is 0.130 e. The second kappa shape index (κ2) is 4.24. The van der Waals surface area contributed by atoms with Crippen LogP contribution in [-0.2, 0) is 0 Å². The van der Waals surface area contributed by atoms with Crippen LogP contribution in [0.2, 0.25) is 0 Å². The Bertz CT molecular complexity index is 415. The lowest BCUT2D eigenvalue weighted by Gasteiger charge is -2.06. The zero-order valence-corrected chi connectivity index (χ0v) is 9.03. The van der Waals surface area contributed by atoms with Crippen molar-refractivity contribution < 1.29 is 0 Å². The zero-order valence-electron chi connectivity index (χ0n) is 7.44. The van der Waals surface area contributed by atoms with Gasteiger partial charge in [-0.25, -0.2) is 4.98 Å². The van der Waals surface area contributed by atoms with Gasteiger partial charge in [-0.1, -0.05) is 18.2 Å². The highest BCUT2D eigenvalue weighted by Gasteiger charge is 1.97. The van der Waals surface area contributed by atoms with Crippen molar-refractivity contribution in [3.63, 3.8) is 0 Å². The molecule has 0 radical (unpaired) electrons. The SMILES string of the molecule is Brc1ccccc1Nc1ccccn1. The third-order valence-corrected chi connectivity index (χ3v) is 2.49. The average Bonchev–Trinajstić information content (AvgIpc) is 2.23. The number of aromatic nitrogens is 1. The number of hydrogen-bond donors (Lipinski definition) is 1. The molecule has 0 saturated carbocycles. The number of nitrogens with one attached hydrogen (secondary N) is 1. The molecular weight excluding hydrogens is 240 g/mol. The van der Waals surface area contributed by atoms with E-state index >= 15 is 0 Å². The molecule has 0 bridgehead atoms. The van der Waals surface area contributed by atoms with Crippen molar-refractivity contribution in [2.45, 2.75) is 0 Å². The van der Waals surface area contributed by atoms with E-state index in [2.05, 4.69) is 26.2 Å². The Morgan fingerprint density at radius 3 is 2.50 bits per heavy atom. The van der Waals surface area contributed by atoms with Gasteiger partial charge in [0.2, 0.25) is 0 Å². The van der Waals surface area contributed by atoms with Gasteiger partial charge in [0.15, 0.2) is 0 Å². The first-order valence-electron chi connectivity index (χ1n) is 4.29. The number of rotatable bonds is 2. The first-order chi connectivity index (χ1) is 6.86. The molecule has 3 heteroatoms. The van der Waals surface area contributed by atoms with E-state index in [9.17, 15) is 0 Å². The molecule has 0 unspecified atom stereocenters. The zero-order chi connectivity index (χ0) is 9.80. The Hall–Kier alpha value is -1.35. The Balaban J connectivity index is 2.24. The fourth-order valence-electron chi connectivity index (χ4n) is 1.14. The molecule has 14 heavy (non-hydrogen) atoms. The van der Waals surface area contributed by atoms with E-state index in [1.165, 1.54) is 0 Å². The molecule has 0 atom stereocenters. The summed E-state index contributed by atoms with van der Waals surface area (Å²) in [6.45, 7) is 0. The first kappa shape index (κ1) is 9.21. The molecule has 0 aliphatic rings. The predicted octanol–water partition coefficient (Wildman–Crippen LogP) is 3.59. The summed E-state index contributed by atoms with van der Waals surface area (Å²) in [6.07, 6.45) is 1.76. The molecule has 1 aromatic carbocycles. The summed E-state index contributed by atoms with van der Waals surface area (Å²) < 4.78 is 1.03. The van der Waals surface area contributed by atoms with Crippen LogP contribution >= 0.6 is 15.9 Å². The summed E-state index contributed by atoms with van der Waals surface area (Å²) in [5.74, 6) is 0.847. The van der Waals surface area contributed by atoms with Gasteiger partial charge < -0.3 is 5.32 Å². The van der Waals surface area contributed by atoms with Crippen molar-refractivity contribution in [2.75, 3.05) is 5.32 Å². The highest BCUT2D eigenvalue weighted by molar-refractivity contribution is 9.10. The van der Waals surface area contributed by atoms with Crippen molar-refractivity contribution >= 4 is 27.4 Å². The topological polar surface area (TPSA) is 24.9 Å². The van der Waals surface area contributed by atoms with Gasteiger partial charge in [0.25, 0.3) is 0 Å². The van der Waals surface area contributed by atoms with Crippen LogP contribution in [0.25, 0.3) is 0 Å². The van der Waals surface area contributed by atoms with E-state index in [1.54, 1.807) is 6.20 Å². The second-order valence-corrected chi connectivity index (χ2v) is 3.67. The maximum absolute atomic E-state index is 4.18. The second-order valence-electron chi connectivity index (χ2n) is 2.82. The lowest BCUT2D eigenvalue weighted by molar-refractivity contribution is 1.31. The van der Waals surface area contributed by atoms with E-state index in [-0.39, 0.29) is 0 Å². The van der Waals surface area contributed by atoms with Crippen LogP contribution < -0.4 is 5.32 Å². The highest BCUT2D eigenvalue weighted by atomic mass is 79.9. The Labute approximate surface area is 91.1 Å². The predicted molar refractivity (Wildman–Crippen MR) is 61.7 cm³/mol. The van der Waals surface area contributed by atoms with Gasteiger partial charge in [-0.15, -0.1) is 0 Å². The van der Waals surface area contributed by atoms with Crippen LogP contribution in [0.1, 0.15) is 0 Å². The maximum Gasteiger partial charge on any atom is 0.130 e. The Kier molecular flexibility index (Phi) is 2.79. The third kappa shape index (κ3) is 2.12. The quantitative estimate of drug-likeness (QED) is 0.879. The average molecular weight is 249 g/mol. The Morgan fingerprint density at radius 2 is 1.79 bits per heavy atom. The van der Waals surface area contributed by atoms with E-state index in [0.717, 1.165) is 16.0 Å². The molecule has 0 spiro atoms. The minimum atomic E-state index is 0.847. The lowest BCUT2D eigenvalue weighted by Crippen LogP contribution is -1.92. The lowest BCUT2D eigenvalue weighted by atomic mass is 10.3. The number of para-hydroxylation sites is 1. The van der Waals surface area contributed by atoms with Gasteiger partial charge in [-0.05, 0) is 40.2 Å². The van der Waals surface area contributed by atoms with Crippen molar-refractivity contribution in [3.8, 4) is 0 Å². The minimum Gasteiger partial charge on any atom is -0.339 e. The number of benzene rings is 1. The van der Waals surface area contributed by atoms with E-state index in [0.29, 0.717) is 0 Å². The normalized spacial score (nSPS) is 9.79. The van der Waals surface area contributed by atoms with Crippen LogP contribution in [0, 0.1) is 0 Å². The minimum absolute atomic E-state index is 0.847. The molecular formula is C11H9BrN2. The van der Waals surface area contributed by atoms with E-state index in [4.69, 9.17) is 0 Å². The monoisotopic (exact) mass is 248 g/mol. The van der Waals surface area contributed by atoms with Crippen molar-refractivity contribution in [2.24, 2.45) is 0 Å². The van der Waals surface area contributed by atoms with Gasteiger partial charge >= 0.3 is 0 Å². The number of hydrogen-bond acceptors (Lipinski definition) is 2. The van der Waals surface area contributed by atoms with E-state index in [1.807, 2.05) is 42.5 Å². The largest absolute Gasteiger partial charge is 0.339 e. The molecule has 0 fully saturated rings. The number of halogens is 1. The fourth-order valence-corrected chi connectivity index (χ4v) is 1.52. The first-order valence-corrected chi connectivity index (χ1v) is 5.08. The standard InChI is InChI=1S/C11H9BrN2/c12-9-5-1-2-6-10(9)14-11-7-3-4-8-13-11/h1-8H,(H,13,14). The number of pyridine rings is 1. The summed E-state index contributed by atoms with van der Waals surface area (Å²) in [6, 6.07) is 13.7. The van der Waals surface area contributed by atoms with Gasteiger partial charge in [0.1, 0.15) is 5.82 Å². The molecule has 2 aromatic rings. The van der Waals surface area contributed by atoms with Gasteiger partial charge in [0.05, 0.1) is 5.69 Å². The molecule has 2 rings (SSSR count). The van der Waals surface area contributed by atoms with Gasteiger partial charge in [-0.3, -0.25) is 0 Å². The molecule has 0 amide bonds. The summed E-state index contributed by atoms with van der Waals surface area (Å²) in [4.78, 5) is 4.18. The van der Waals surface area contributed by atoms with E-state index < -0.39 is 0 Å². The van der Waals surface area contributed by atoms with Gasteiger partial charge in [0, 0.05) is 10.7 Å². The summed E-state index contributed by atoms with van der Waals surface area (Å²) in [5, 5.41) is 3.21. The van der Waals surface area contributed by atoms with Crippen LogP contribution in [0.5, 0.6) is 0 Å². The van der Waals surface area contributed by atoms with Crippen molar-refractivity contribution in [1.82, 2.24) is 4.98 Å². The Morgan fingerprint density at radius 1 is 1.00 bits per heavy atom.